The summed E-state index contributed by atoms with van der Waals surface area (Å²) in [4.78, 5) is 33.7. The third-order valence-corrected chi connectivity index (χ3v) is 3.32. The fourth-order valence-electron chi connectivity index (χ4n) is 2.15. The summed E-state index contributed by atoms with van der Waals surface area (Å²) in [5.74, 6) is -0.479. The van der Waals surface area contributed by atoms with Crippen molar-refractivity contribution in [2.24, 2.45) is 0 Å². The molecule has 0 aliphatic carbocycles. The van der Waals surface area contributed by atoms with Crippen LogP contribution in [0.15, 0.2) is 48.5 Å². The normalized spacial score (nSPS) is 10.6. The third kappa shape index (κ3) is 4.36. The number of aryl methyl sites for hydroxylation is 1. The van der Waals surface area contributed by atoms with Crippen LogP contribution in [0.1, 0.15) is 28.4 Å². The van der Waals surface area contributed by atoms with Gasteiger partial charge in [-0.15, -0.1) is 0 Å². The largest absolute Gasteiger partial charge is 0.326 e. The van der Waals surface area contributed by atoms with Crippen molar-refractivity contribution >= 4 is 29.1 Å². The maximum absolute atomic E-state index is 12.2. The minimum absolute atomic E-state index is 0.0113. The molecule has 1 amide bonds. The zero-order valence-corrected chi connectivity index (χ0v) is 13.3. The quantitative estimate of drug-likeness (QED) is 0.392. The highest BCUT2D eigenvalue weighted by Crippen LogP contribution is 2.20. The number of nitro benzene ring substituents is 1. The van der Waals surface area contributed by atoms with Crippen LogP contribution in [0.4, 0.5) is 11.4 Å². The number of carbonyl (C=O) groups is 2. The molecule has 0 atom stereocenters. The molecule has 0 aliphatic rings. The van der Waals surface area contributed by atoms with Crippen molar-refractivity contribution < 1.29 is 14.5 Å². The number of nitro groups is 1. The van der Waals surface area contributed by atoms with Gasteiger partial charge in [0, 0.05) is 29.8 Å². The zero-order valence-electron chi connectivity index (χ0n) is 13.3. The molecule has 0 bridgehead atoms. The number of rotatable bonds is 5. The first-order valence-electron chi connectivity index (χ1n) is 7.22. The van der Waals surface area contributed by atoms with E-state index in [2.05, 4.69) is 5.32 Å². The highest BCUT2D eigenvalue weighted by atomic mass is 16.6. The molecule has 0 unspecified atom stereocenters. The average molecular weight is 324 g/mol. The van der Waals surface area contributed by atoms with Crippen LogP contribution in [0.25, 0.3) is 6.08 Å². The third-order valence-electron chi connectivity index (χ3n) is 3.32. The molecule has 0 aromatic heterocycles. The Kier molecular flexibility index (Phi) is 5.21. The summed E-state index contributed by atoms with van der Waals surface area (Å²) >= 11 is 0. The highest BCUT2D eigenvalue weighted by molar-refractivity contribution is 6.07. The van der Waals surface area contributed by atoms with Gasteiger partial charge < -0.3 is 5.32 Å². The summed E-state index contributed by atoms with van der Waals surface area (Å²) in [7, 11) is 0. The Bertz CT molecular complexity index is 841. The van der Waals surface area contributed by atoms with Crippen molar-refractivity contribution in [3.8, 4) is 0 Å². The monoisotopic (exact) mass is 324 g/mol. The Morgan fingerprint density at radius 1 is 1.17 bits per heavy atom. The molecule has 0 saturated carbocycles. The number of amides is 1. The molecule has 24 heavy (non-hydrogen) atoms. The van der Waals surface area contributed by atoms with E-state index >= 15 is 0 Å². The minimum atomic E-state index is -0.453. The second-order valence-electron chi connectivity index (χ2n) is 5.26. The Morgan fingerprint density at radius 3 is 2.58 bits per heavy atom. The first-order chi connectivity index (χ1) is 11.4. The molecule has 6 nitrogen and oxygen atoms in total. The Morgan fingerprint density at radius 2 is 1.92 bits per heavy atom. The molecule has 2 aromatic carbocycles. The second kappa shape index (κ2) is 7.32. The van der Waals surface area contributed by atoms with Crippen LogP contribution >= 0.6 is 0 Å². The fourth-order valence-corrected chi connectivity index (χ4v) is 2.15. The van der Waals surface area contributed by atoms with Gasteiger partial charge in [-0.1, -0.05) is 30.3 Å². The van der Waals surface area contributed by atoms with E-state index in [-0.39, 0.29) is 17.4 Å². The van der Waals surface area contributed by atoms with Gasteiger partial charge in [-0.05, 0) is 30.7 Å². The lowest BCUT2D eigenvalue weighted by Gasteiger charge is -2.03. The zero-order chi connectivity index (χ0) is 17.7. The summed E-state index contributed by atoms with van der Waals surface area (Å²) in [5, 5.41) is 13.5. The summed E-state index contributed by atoms with van der Waals surface area (Å²) < 4.78 is 0. The second-order valence-corrected chi connectivity index (χ2v) is 5.26. The van der Waals surface area contributed by atoms with Crippen LogP contribution in [0.5, 0.6) is 0 Å². The van der Waals surface area contributed by atoms with Crippen molar-refractivity contribution in [3.63, 3.8) is 0 Å². The molecule has 0 heterocycles. The molecule has 0 fully saturated rings. The van der Waals surface area contributed by atoms with Gasteiger partial charge in [0.15, 0.2) is 5.78 Å². The topological polar surface area (TPSA) is 89.3 Å². The van der Waals surface area contributed by atoms with Crippen LogP contribution in [-0.2, 0) is 4.79 Å². The SMILES string of the molecule is CC(=O)Nc1cccc(C(=O)/C=C/c2ccc(C)c([N+](=O)[O-])c2)c1. The van der Waals surface area contributed by atoms with Gasteiger partial charge in [-0.25, -0.2) is 0 Å². The number of hydrogen-bond acceptors (Lipinski definition) is 4. The summed E-state index contributed by atoms with van der Waals surface area (Å²) in [6.45, 7) is 3.04. The van der Waals surface area contributed by atoms with Gasteiger partial charge in [-0.3, -0.25) is 19.7 Å². The predicted octanol–water partition coefficient (Wildman–Crippen LogP) is 3.76. The molecule has 0 spiro atoms. The number of benzene rings is 2. The van der Waals surface area contributed by atoms with Crippen molar-refractivity contribution in [2.75, 3.05) is 5.32 Å². The maximum Gasteiger partial charge on any atom is 0.272 e. The van der Waals surface area contributed by atoms with E-state index in [0.29, 0.717) is 22.4 Å². The Hall–Kier alpha value is -3.28. The lowest BCUT2D eigenvalue weighted by atomic mass is 10.1. The average Bonchev–Trinajstić information content (AvgIpc) is 2.53. The van der Waals surface area contributed by atoms with Crippen molar-refractivity contribution in [1.29, 1.82) is 0 Å². The van der Waals surface area contributed by atoms with Crippen molar-refractivity contribution in [2.45, 2.75) is 13.8 Å². The van der Waals surface area contributed by atoms with Crippen molar-refractivity contribution in [3.05, 3.63) is 75.3 Å². The van der Waals surface area contributed by atoms with E-state index in [1.54, 1.807) is 43.3 Å². The molecule has 2 rings (SSSR count). The van der Waals surface area contributed by atoms with Crippen LogP contribution in [0.3, 0.4) is 0 Å². The first kappa shape index (κ1) is 17.1. The highest BCUT2D eigenvalue weighted by Gasteiger charge is 2.10. The number of ketones is 1. The molecule has 2 aromatic rings. The first-order valence-corrected chi connectivity index (χ1v) is 7.22. The minimum Gasteiger partial charge on any atom is -0.326 e. The van der Waals surface area contributed by atoms with Gasteiger partial charge in [0.1, 0.15) is 0 Å². The standard InChI is InChI=1S/C18H16N2O4/c1-12-6-7-14(10-17(12)20(23)24)8-9-18(22)15-4-3-5-16(11-15)19-13(2)21/h3-11H,1-2H3,(H,19,21)/b9-8+. The van der Waals surface area contributed by atoms with E-state index in [1.165, 1.54) is 25.1 Å². The van der Waals surface area contributed by atoms with Crippen molar-refractivity contribution in [1.82, 2.24) is 0 Å². The van der Waals surface area contributed by atoms with Gasteiger partial charge in [0.2, 0.25) is 5.91 Å². The van der Waals surface area contributed by atoms with E-state index in [0.717, 1.165) is 0 Å². The van der Waals surface area contributed by atoms with Gasteiger partial charge in [0.05, 0.1) is 4.92 Å². The van der Waals surface area contributed by atoms with E-state index < -0.39 is 4.92 Å². The van der Waals surface area contributed by atoms with E-state index in [4.69, 9.17) is 0 Å². The Balaban J connectivity index is 2.20. The molecule has 0 radical (unpaired) electrons. The molecule has 0 saturated heterocycles. The molecule has 0 aliphatic heterocycles. The summed E-state index contributed by atoms with van der Waals surface area (Å²) in [6, 6.07) is 11.3. The van der Waals surface area contributed by atoms with Crippen LogP contribution in [-0.4, -0.2) is 16.6 Å². The number of carbonyl (C=O) groups excluding carboxylic acids is 2. The molecule has 1 N–H and O–H groups in total. The molecule has 6 heteroatoms. The smallest absolute Gasteiger partial charge is 0.272 e. The van der Waals surface area contributed by atoms with E-state index in [1.807, 2.05) is 0 Å². The summed E-state index contributed by atoms with van der Waals surface area (Å²) in [6.07, 6.45) is 2.88. The number of anilines is 1. The fraction of sp³-hybridized carbons (Fsp3) is 0.111. The van der Waals surface area contributed by atoms with E-state index in [9.17, 15) is 19.7 Å². The number of nitrogens with one attached hydrogen (secondary N) is 1. The number of allylic oxidation sites excluding steroid dienone is 1. The molecular formula is C18H16N2O4. The van der Waals surface area contributed by atoms with Gasteiger partial charge in [-0.2, -0.15) is 0 Å². The predicted molar refractivity (Wildman–Crippen MR) is 91.9 cm³/mol. The van der Waals surface area contributed by atoms with Crippen LogP contribution in [0, 0.1) is 17.0 Å². The van der Waals surface area contributed by atoms with Crippen LogP contribution < -0.4 is 5.32 Å². The lowest BCUT2D eigenvalue weighted by Crippen LogP contribution is -2.06. The van der Waals surface area contributed by atoms with Gasteiger partial charge in [0.25, 0.3) is 5.69 Å². The Labute approximate surface area is 139 Å². The van der Waals surface area contributed by atoms with Gasteiger partial charge >= 0.3 is 0 Å². The number of hydrogen-bond donors (Lipinski definition) is 1. The molecular weight excluding hydrogens is 308 g/mol. The molecule has 122 valence electrons. The lowest BCUT2D eigenvalue weighted by molar-refractivity contribution is -0.385. The number of nitrogens with zero attached hydrogens (tertiary/aromatic N) is 1. The maximum atomic E-state index is 12.2. The van der Waals surface area contributed by atoms with Crippen LogP contribution in [0.2, 0.25) is 0 Å². The summed E-state index contributed by atoms with van der Waals surface area (Å²) in [5.41, 5.74) is 2.09.